The Balaban J connectivity index is 1.59. The minimum atomic E-state index is 0.877. The molecule has 6 nitrogen and oxygen atoms in total. The van der Waals surface area contributed by atoms with E-state index >= 15 is 0 Å². The average molecular weight is 404 g/mol. The first-order valence-corrected chi connectivity index (χ1v) is 9.97. The van der Waals surface area contributed by atoms with Crippen LogP contribution in [0.4, 0.5) is 0 Å². The van der Waals surface area contributed by atoms with Crippen molar-refractivity contribution in [2.75, 3.05) is 0 Å². The van der Waals surface area contributed by atoms with E-state index in [1.165, 1.54) is 0 Å². The van der Waals surface area contributed by atoms with Crippen LogP contribution < -0.4 is 0 Å². The number of aromatic amines is 2. The van der Waals surface area contributed by atoms with E-state index in [0.29, 0.717) is 0 Å². The molecule has 5 rings (SSSR count). The largest absolute Gasteiger partial charge is 0.278 e. The summed E-state index contributed by atoms with van der Waals surface area (Å²) in [5.41, 5.74) is 8.72. The molecule has 4 aromatic heterocycles. The number of nitrogens with zero attached hydrogens (tertiary/aromatic N) is 4. The van der Waals surface area contributed by atoms with Gasteiger partial charge in [-0.15, -0.1) is 0 Å². The van der Waals surface area contributed by atoms with Crippen molar-refractivity contribution in [3.63, 3.8) is 0 Å². The van der Waals surface area contributed by atoms with Crippen LogP contribution in [0.15, 0.2) is 79.4 Å². The second-order valence-electron chi connectivity index (χ2n) is 7.24. The van der Waals surface area contributed by atoms with Crippen molar-refractivity contribution in [3.05, 3.63) is 96.1 Å². The van der Waals surface area contributed by atoms with Crippen LogP contribution in [0.3, 0.4) is 0 Å². The Hall–Kier alpha value is -4.32. The van der Waals surface area contributed by atoms with Gasteiger partial charge in [0.1, 0.15) is 0 Å². The molecule has 6 heteroatoms. The molecule has 31 heavy (non-hydrogen) atoms. The normalized spacial score (nSPS) is 11.3. The molecule has 5 aromatic rings. The first kappa shape index (κ1) is 18.7. The van der Waals surface area contributed by atoms with Gasteiger partial charge < -0.3 is 0 Å². The van der Waals surface area contributed by atoms with E-state index in [1.807, 2.05) is 49.6 Å². The van der Waals surface area contributed by atoms with E-state index in [2.05, 4.69) is 61.8 Å². The third kappa shape index (κ3) is 3.91. The first-order valence-electron chi connectivity index (χ1n) is 9.97. The van der Waals surface area contributed by atoms with Crippen molar-refractivity contribution in [1.29, 1.82) is 0 Å². The van der Waals surface area contributed by atoms with Gasteiger partial charge in [0.2, 0.25) is 0 Å². The van der Waals surface area contributed by atoms with Gasteiger partial charge in [-0.3, -0.25) is 20.2 Å². The molecule has 0 spiro atoms. The van der Waals surface area contributed by atoms with Crippen LogP contribution in [-0.4, -0.2) is 30.4 Å². The van der Waals surface area contributed by atoms with Crippen molar-refractivity contribution in [1.82, 2.24) is 30.4 Å². The highest BCUT2D eigenvalue weighted by molar-refractivity contribution is 5.81. The number of hydrogen-bond acceptors (Lipinski definition) is 4. The summed E-state index contributed by atoms with van der Waals surface area (Å²) in [5, 5.41) is 14.1. The number of rotatable bonds is 5. The Morgan fingerprint density at radius 2 is 1.42 bits per heavy atom. The van der Waals surface area contributed by atoms with E-state index in [4.69, 9.17) is 4.98 Å². The van der Waals surface area contributed by atoms with Crippen molar-refractivity contribution in [3.8, 4) is 33.9 Å². The van der Waals surface area contributed by atoms with Gasteiger partial charge in [0.15, 0.2) is 0 Å². The minimum Gasteiger partial charge on any atom is -0.278 e. The fourth-order valence-electron chi connectivity index (χ4n) is 3.54. The van der Waals surface area contributed by atoms with Crippen molar-refractivity contribution >= 4 is 12.2 Å². The Morgan fingerprint density at radius 3 is 2.13 bits per heavy atom. The average Bonchev–Trinajstić information content (AvgIpc) is 3.53. The fraction of sp³-hybridized carbons (Fsp3) is 0.0400. The Labute approximate surface area is 179 Å². The zero-order valence-corrected chi connectivity index (χ0v) is 16.9. The smallest absolute Gasteiger partial charge is 0.0909 e. The Morgan fingerprint density at radius 1 is 0.710 bits per heavy atom. The Bertz CT molecular complexity index is 1320. The lowest BCUT2D eigenvalue weighted by atomic mass is 10.0. The summed E-state index contributed by atoms with van der Waals surface area (Å²) in [6, 6.07) is 18.3. The fourth-order valence-corrected chi connectivity index (χ4v) is 3.54. The van der Waals surface area contributed by atoms with E-state index in [-0.39, 0.29) is 0 Å². The molecule has 1 aromatic carbocycles. The zero-order valence-electron chi connectivity index (χ0n) is 16.9. The number of H-pyrrole nitrogens is 2. The van der Waals surface area contributed by atoms with E-state index in [1.54, 1.807) is 12.4 Å². The second kappa shape index (κ2) is 8.20. The molecule has 0 unspecified atom stereocenters. The molecule has 0 fully saturated rings. The van der Waals surface area contributed by atoms with Crippen molar-refractivity contribution in [2.24, 2.45) is 0 Å². The summed E-state index contributed by atoms with van der Waals surface area (Å²) in [7, 11) is 0. The molecule has 0 saturated carbocycles. The summed E-state index contributed by atoms with van der Waals surface area (Å²) in [4.78, 5) is 9.47. The van der Waals surface area contributed by atoms with Gasteiger partial charge in [0, 0.05) is 41.5 Å². The zero-order chi connectivity index (χ0) is 21.0. The molecule has 0 radical (unpaired) electrons. The highest BCUT2D eigenvalue weighted by Gasteiger charge is 2.12. The molecule has 0 bridgehead atoms. The molecule has 0 aliphatic carbocycles. The van der Waals surface area contributed by atoms with Crippen LogP contribution in [0.1, 0.15) is 16.7 Å². The van der Waals surface area contributed by atoms with Crippen molar-refractivity contribution in [2.45, 2.75) is 6.92 Å². The van der Waals surface area contributed by atoms with Gasteiger partial charge in [0.25, 0.3) is 0 Å². The highest BCUT2D eigenvalue weighted by Crippen LogP contribution is 2.29. The van der Waals surface area contributed by atoms with Crippen LogP contribution in [0, 0.1) is 6.92 Å². The van der Waals surface area contributed by atoms with Gasteiger partial charge in [-0.05, 0) is 42.3 Å². The summed E-state index contributed by atoms with van der Waals surface area (Å²) >= 11 is 0. The number of aryl methyl sites for hydroxylation is 1. The van der Waals surface area contributed by atoms with Gasteiger partial charge in [0.05, 0.1) is 22.8 Å². The van der Waals surface area contributed by atoms with Gasteiger partial charge in [-0.1, -0.05) is 42.5 Å². The lowest BCUT2D eigenvalue weighted by Gasteiger charge is -2.10. The summed E-state index contributed by atoms with van der Waals surface area (Å²) in [6.07, 6.45) is 11.4. The summed E-state index contributed by atoms with van der Waals surface area (Å²) in [5.74, 6) is 0. The van der Waals surface area contributed by atoms with Crippen molar-refractivity contribution < 1.29 is 0 Å². The molecule has 0 aliphatic rings. The predicted molar refractivity (Wildman–Crippen MR) is 123 cm³/mol. The lowest BCUT2D eigenvalue weighted by molar-refractivity contribution is 1.08. The van der Waals surface area contributed by atoms with E-state index < -0.39 is 0 Å². The third-order valence-corrected chi connectivity index (χ3v) is 5.09. The summed E-state index contributed by atoms with van der Waals surface area (Å²) in [6.45, 7) is 2.05. The maximum Gasteiger partial charge on any atom is 0.0909 e. The standard InChI is InChI=1S/C25H20N6/c1-17-13-21(16-26-24(17)23-10-12-29-31-23)25-19(8-7-18-5-3-2-4-6-18)14-20(15-27-25)22-9-11-28-30-22/h2-16H,1H3,(H,28,30)(H,29,31). The maximum atomic E-state index is 4.79. The summed E-state index contributed by atoms with van der Waals surface area (Å²) < 4.78 is 0. The van der Waals surface area contributed by atoms with Crippen LogP contribution in [0.2, 0.25) is 0 Å². The second-order valence-corrected chi connectivity index (χ2v) is 7.24. The molecule has 4 heterocycles. The molecular weight excluding hydrogens is 384 g/mol. The topological polar surface area (TPSA) is 83.1 Å². The Kier molecular flexibility index (Phi) is 4.94. The van der Waals surface area contributed by atoms with Crippen LogP contribution >= 0.6 is 0 Å². The monoisotopic (exact) mass is 404 g/mol. The van der Waals surface area contributed by atoms with Crippen LogP contribution in [-0.2, 0) is 0 Å². The molecule has 0 atom stereocenters. The quantitative estimate of drug-likeness (QED) is 0.411. The van der Waals surface area contributed by atoms with Gasteiger partial charge in [-0.2, -0.15) is 10.2 Å². The maximum absolute atomic E-state index is 4.79. The van der Waals surface area contributed by atoms with E-state index in [9.17, 15) is 0 Å². The van der Waals surface area contributed by atoms with Crippen LogP contribution in [0.25, 0.3) is 46.1 Å². The highest BCUT2D eigenvalue weighted by atomic mass is 15.1. The molecule has 0 saturated heterocycles. The number of aromatic nitrogens is 6. The molecule has 0 amide bonds. The number of hydrogen-bond donors (Lipinski definition) is 2. The van der Waals surface area contributed by atoms with Gasteiger partial charge in [-0.25, -0.2) is 0 Å². The number of nitrogens with one attached hydrogen (secondary N) is 2. The molecular formula is C25H20N6. The first-order chi connectivity index (χ1) is 15.3. The van der Waals surface area contributed by atoms with Gasteiger partial charge >= 0.3 is 0 Å². The predicted octanol–water partition coefficient (Wildman–Crippen LogP) is 5.40. The van der Waals surface area contributed by atoms with E-state index in [0.717, 1.165) is 50.6 Å². The molecule has 150 valence electrons. The minimum absolute atomic E-state index is 0.877. The lowest BCUT2D eigenvalue weighted by Crippen LogP contribution is -1.95. The number of pyridine rings is 2. The molecule has 0 aliphatic heterocycles. The molecule has 2 N–H and O–H groups in total. The third-order valence-electron chi connectivity index (χ3n) is 5.09. The van der Waals surface area contributed by atoms with Crippen LogP contribution in [0.5, 0.6) is 0 Å². The SMILES string of the molecule is Cc1cc(-c2ncc(-c3ccn[nH]3)cc2C=Cc2ccccc2)cnc1-c1ccn[nH]1. The number of benzene rings is 1.